The van der Waals surface area contributed by atoms with Gasteiger partial charge in [0.05, 0.1) is 13.7 Å². The van der Waals surface area contributed by atoms with Crippen molar-refractivity contribution >= 4 is 24.0 Å². The van der Waals surface area contributed by atoms with E-state index in [-0.39, 0.29) is 30.4 Å². The van der Waals surface area contributed by atoms with Crippen LogP contribution in [0.4, 0.5) is 4.39 Å². The van der Waals surface area contributed by atoms with Crippen molar-refractivity contribution in [3.63, 3.8) is 0 Å². The van der Waals surface area contributed by atoms with E-state index in [0.717, 1.165) is 12.1 Å². The summed E-state index contributed by atoms with van der Waals surface area (Å²) in [4.78, 5) is 0. The molecule has 2 aromatic rings. The van der Waals surface area contributed by atoms with Crippen LogP contribution in [0.5, 0.6) is 11.5 Å². The van der Waals surface area contributed by atoms with Gasteiger partial charge in [-0.3, -0.25) is 0 Å². The van der Waals surface area contributed by atoms with Gasteiger partial charge in [0.25, 0.3) is 0 Å². The highest BCUT2D eigenvalue weighted by molar-refractivity contribution is 6.30. The van der Waals surface area contributed by atoms with Crippen molar-refractivity contribution in [2.24, 2.45) is 0 Å². The molecular formula is C18H20Cl2FNO3. The van der Waals surface area contributed by atoms with Crippen molar-refractivity contribution in [3.05, 3.63) is 58.9 Å². The summed E-state index contributed by atoms with van der Waals surface area (Å²) in [6.45, 7) is 2.08. The molecule has 1 heterocycles. The van der Waals surface area contributed by atoms with E-state index >= 15 is 0 Å². The Labute approximate surface area is 157 Å². The molecule has 4 nitrogen and oxygen atoms in total. The molecule has 136 valence electrons. The van der Waals surface area contributed by atoms with Crippen molar-refractivity contribution < 1.29 is 18.6 Å². The Hall–Kier alpha value is -1.53. The fourth-order valence-corrected chi connectivity index (χ4v) is 2.79. The van der Waals surface area contributed by atoms with E-state index < -0.39 is 0 Å². The van der Waals surface area contributed by atoms with Crippen LogP contribution in [0.3, 0.4) is 0 Å². The quantitative estimate of drug-likeness (QED) is 0.840. The van der Waals surface area contributed by atoms with Gasteiger partial charge < -0.3 is 19.5 Å². The minimum Gasteiger partial charge on any atom is -0.493 e. The molecular weight excluding hydrogens is 368 g/mol. The van der Waals surface area contributed by atoms with Crippen LogP contribution in [0, 0.1) is 5.82 Å². The summed E-state index contributed by atoms with van der Waals surface area (Å²) >= 11 is 5.98. The summed E-state index contributed by atoms with van der Waals surface area (Å²) in [5.74, 6) is 0.434. The van der Waals surface area contributed by atoms with Crippen molar-refractivity contribution in [2.75, 3.05) is 26.8 Å². The maximum absolute atomic E-state index is 13.4. The Bertz CT molecular complexity index is 679. The third-order valence-corrected chi connectivity index (χ3v) is 4.12. The lowest BCUT2D eigenvalue weighted by Gasteiger charge is -2.32. The van der Waals surface area contributed by atoms with Crippen LogP contribution < -0.4 is 14.8 Å². The molecule has 1 saturated heterocycles. The van der Waals surface area contributed by atoms with E-state index in [1.54, 1.807) is 6.07 Å². The molecule has 0 amide bonds. The SMILES string of the molecule is COc1cc(F)ccc1O[C@@H](c1ccc(Cl)cc1)[C@@H]1CNCCO1.Cl. The molecule has 0 bridgehead atoms. The monoisotopic (exact) mass is 387 g/mol. The number of morpholine rings is 1. The van der Waals surface area contributed by atoms with Crippen LogP contribution in [0.2, 0.25) is 5.02 Å². The zero-order chi connectivity index (χ0) is 16.9. The van der Waals surface area contributed by atoms with Gasteiger partial charge in [-0.05, 0) is 29.8 Å². The molecule has 0 unspecified atom stereocenters. The fraction of sp³-hybridized carbons (Fsp3) is 0.333. The van der Waals surface area contributed by atoms with Gasteiger partial charge in [0.15, 0.2) is 17.6 Å². The minimum absolute atomic E-state index is 0. The lowest BCUT2D eigenvalue weighted by molar-refractivity contribution is -0.0438. The zero-order valence-corrected chi connectivity index (χ0v) is 15.3. The summed E-state index contributed by atoms with van der Waals surface area (Å²) in [7, 11) is 1.48. The van der Waals surface area contributed by atoms with Crippen molar-refractivity contribution in [1.29, 1.82) is 0 Å². The molecule has 3 rings (SSSR count). The first kappa shape index (κ1) is 19.8. The van der Waals surface area contributed by atoms with Gasteiger partial charge in [-0.15, -0.1) is 12.4 Å². The third-order valence-electron chi connectivity index (χ3n) is 3.87. The summed E-state index contributed by atoms with van der Waals surface area (Å²) < 4.78 is 30.7. The molecule has 1 N–H and O–H groups in total. The average Bonchev–Trinajstić information content (AvgIpc) is 2.62. The van der Waals surface area contributed by atoms with Crippen LogP contribution in [0.15, 0.2) is 42.5 Å². The second-order valence-corrected chi connectivity index (χ2v) is 5.93. The fourth-order valence-electron chi connectivity index (χ4n) is 2.67. The van der Waals surface area contributed by atoms with E-state index in [9.17, 15) is 4.39 Å². The number of benzene rings is 2. The van der Waals surface area contributed by atoms with E-state index in [0.29, 0.717) is 29.7 Å². The number of nitrogens with one attached hydrogen (secondary N) is 1. The Kier molecular flexibility index (Phi) is 7.32. The van der Waals surface area contributed by atoms with Crippen LogP contribution >= 0.6 is 24.0 Å². The first-order valence-electron chi connectivity index (χ1n) is 7.75. The summed E-state index contributed by atoms with van der Waals surface area (Å²) in [6.07, 6.45) is -0.538. The Balaban J connectivity index is 0.00000225. The van der Waals surface area contributed by atoms with Crippen molar-refractivity contribution in [3.8, 4) is 11.5 Å². The van der Waals surface area contributed by atoms with Crippen LogP contribution in [0.25, 0.3) is 0 Å². The van der Waals surface area contributed by atoms with Crippen LogP contribution in [-0.2, 0) is 4.74 Å². The minimum atomic E-state index is -0.377. The first-order chi connectivity index (χ1) is 11.7. The number of hydrogen-bond acceptors (Lipinski definition) is 4. The molecule has 0 saturated carbocycles. The number of ether oxygens (including phenoxy) is 3. The summed E-state index contributed by atoms with van der Waals surface area (Å²) in [6, 6.07) is 11.6. The van der Waals surface area contributed by atoms with E-state index in [4.69, 9.17) is 25.8 Å². The van der Waals surface area contributed by atoms with Gasteiger partial charge in [-0.2, -0.15) is 0 Å². The molecule has 1 aliphatic rings. The molecule has 1 fully saturated rings. The van der Waals surface area contributed by atoms with Crippen molar-refractivity contribution in [1.82, 2.24) is 5.32 Å². The highest BCUT2D eigenvalue weighted by Crippen LogP contribution is 2.34. The molecule has 1 aliphatic heterocycles. The van der Waals surface area contributed by atoms with Gasteiger partial charge in [0.1, 0.15) is 11.9 Å². The standard InChI is InChI=1S/C18H19ClFNO3.ClH/c1-22-16-10-14(20)6-7-15(16)24-18(17-11-21-8-9-23-17)12-2-4-13(19)5-3-12;/h2-7,10,17-18,21H,8-9,11H2,1H3;1H/t17-,18-;/m0./s1. The third kappa shape index (κ3) is 4.98. The first-order valence-corrected chi connectivity index (χ1v) is 8.13. The maximum atomic E-state index is 13.4. The second-order valence-electron chi connectivity index (χ2n) is 5.50. The van der Waals surface area contributed by atoms with Crippen molar-refractivity contribution in [2.45, 2.75) is 12.2 Å². The molecule has 0 aromatic heterocycles. The normalized spacial score (nSPS) is 18.1. The topological polar surface area (TPSA) is 39.7 Å². The predicted molar refractivity (Wildman–Crippen MR) is 97.6 cm³/mol. The molecule has 2 aromatic carbocycles. The molecule has 0 aliphatic carbocycles. The second kappa shape index (κ2) is 9.25. The summed E-state index contributed by atoms with van der Waals surface area (Å²) in [5, 5.41) is 3.95. The van der Waals surface area contributed by atoms with Gasteiger partial charge >= 0.3 is 0 Å². The summed E-state index contributed by atoms with van der Waals surface area (Å²) in [5.41, 5.74) is 0.930. The average molecular weight is 388 g/mol. The predicted octanol–water partition coefficient (Wildman–Crippen LogP) is 4.02. The van der Waals surface area contributed by atoms with E-state index in [1.165, 1.54) is 19.2 Å². The Morgan fingerprint density at radius 3 is 2.60 bits per heavy atom. The Morgan fingerprint density at radius 1 is 1.20 bits per heavy atom. The molecule has 0 spiro atoms. The number of rotatable bonds is 5. The lowest BCUT2D eigenvalue weighted by atomic mass is 10.0. The van der Waals surface area contributed by atoms with Gasteiger partial charge in [0, 0.05) is 24.2 Å². The number of halogens is 3. The lowest BCUT2D eigenvalue weighted by Crippen LogP contribution is -2.43. The zero-order valence-electron chi connectivity index (χ0n) is 13.7. The van der Waals surface area contributed by atoms with Gasteiger partial charge in [-0.1, -0.05) is 23.7 Å². The van der Waals surface area contributed by atoms with Gasteiger partial charge in [-0.25, -0.2) is 4.39 Å². The van der Waals surface area contributed by atoms with E-state index in [1.807, 2.05) is 24.3 Å². The van der Waals surface area contributed by atoms with Crippen LogP contribution in [-0.4, -0.2) is 32.9 Å². The molecule has 2 atom stereocenters. The highest BCUT2D eigenvalue weighted by Gasteiger charge is 2.28. The Morgan fingerprint density at radius 2 is 1.96 bits per heavy atom. The molecule has 7 heteroatoms. The van der Waals surface area contributed by atoms with E-state index in [2.05, 4.69) is 5.32 Å². The number of methoxy groups -OCH3 is 1. The molecule has 0 radical (unpaired) electrons. The van der Waals surface area contributed by atoms with Crippen LogP contribution in [0.1, 0.15) is 11.7 Å². The smallest absolute Gasteiger partial charge is 0.163 e. The maximum Gasteiger partial charge on any atom is 0.163 e. The molecule has 25 heavy (non-hydrogen) atoms. The highest BCUT2D eigenvalue weighted by atomic mass is 35.5. The largest absolute Gasteiger partial charge is 0.493 e. The number of hydrogen-bond donors (Lipinski definition) is 1. The van der Waals surface area contributed by atoms with Gasteiger partial charge in [0.2, 0.25) is 0 Å².